The van der Waals surface area contributed by atoms with Crippen LogP contribution in [0, 0.1) is 5.92 Å². The van der Waals surface area contributed by atoms with Crippen molar-refractivity contribution in [1.29, 1.82) is 0 Å². The zero-order valence-electron chi connectivity index (χ0n) is 8.12. The Kier molecular flexibility index (Phi) is 3.01. The van der Waals surface area contributed by atoms with Crippen LogP contribution in [0.15, 0.2) is 16.8 Å². The maximum atomic E-state index is 3.59. The minimum atomic E-state index is 0.736. The van der Waals surface area contributed by atoms with E-state index in [0.717, 1.165) is 18.5 Å². The molecular formula is C11H17NS. The van der Waals surface area contributed by atoms with E-state index in [1.54, 1.807) is 11.3 Å². The second-order valence-corrected chi connectivity index (χ2v) is 4.62. The van der Waals surface area contributed by atoms with E-state index in [4.69, 9.17) is 0 Å². The first kappa shape index (κ1) is 9.22. The van der Waals surface area contributed by atoms with E-state index in [1.807, 2.05) is 0 Å². The van der Waals surface area contributed by atoms with Crippen molar-refractivity contribution in [2.24, 2.45) is 5.92 Å². The summed E-state index contributed by atoms with van der Waals surface area (Å²) in [7, 11) is 0. The Bertz CT molecular complexity index is 239. The third-order valence-corrected chi connectivity index (χ3v) is 3.43. The molecule has 1 nitrogen and oxygen atoms in total. The molecule has 0 spiro atoms. The molecule has 1 aliphatic carbocycles. The Balaban J connectivity index is 1.89. The van der Waals surface area contributed by atoms with Crippen molar-refractivity contribution in [1.82, 2.24) is 5.32 Å². The molecule has 1 aromatic rings. The maximum Gasteiger partial charge on any atom is 0.0136 e. The van der Waals surface area contributed by atoms with E-state index >= 15 is 0 Å². The normalized spacial score (nSPS) is 18.8. The molecule has 1 fully saturated rings. The molecule has 1 aromatic heterocycles. The number of likely N-dealkylation sites (N-methyl/N-ethyl adjacent to an activating group) is 1. The molecule has 1 saturated carbocycles. The van der Waals surface area contributed by atoms with Crippen LogP contribution in [0.5, 0.6) is 0 Å². The Hall–Kier alpha value is -0.340. The van der Waals surface area contributed by atoms with E-state index in [2.05, 4.69) is 29.1 Å². The standard InChI is InChI=1S/C11H17NS/c1-2-12-11(10-3-4-10)7-9-5-6-13-8-9/h5-6,8,10-12H,2-4,7H2,1H3. The van der Waals surface area contributed by atoms with E-state index in [0.29, 0.717) is 0 Å². The predicted octanol–water partition coefficient (Wildman–Crippen LogP) is 2.68. The highest BCUT2D eigenvalue weighted by molar-refractivity contribution is 7.07. The van der Waals surface area contributed by atoms with Crippen molar-refractivity contribution < 1.29 is 0 Å². The molecule has 2 heteroatoms. The quantitative estimate of drug-likeness (QED) is 0.761. The first-order valence-electron chi connectivity index (χ1n) is 5.14. The highest BCUT2D eigenvalue weighted by Crippen LogP contribution is 2.34. The van der Waals surface area contributed by atoms with E-state index < -0.39 is 0 Å². The van der Waals surface area contributed by atoms with Crippen LogP contribution in [0.4, 0.5) is 0 Å². The molecule has 0 aliphatic heterocycles. The number of rotatable bonds is 5. The van der Waals surface area contributed by atoms with Gasteiger partial charge in [0, 0.05) is 6.04 Å². The lowest BCUT2D eigenvalue weighted by atomic mass is 10.0. The van der Waals surface area contributed by atoms with Crippen molar-refractivity contribution in [2.75, 3.05) is 6.54 Å². The van der Waals surface area contributed by atoms with Gasteiger partial charge in [0.05, 0.1) is 0 Å². The summed E-state index contributed by atoms with van der Waals surface area (Å²) in [5.74, 6) is 0.958. The molecule has 0 amide bonds. The molecule has 1 N–H and O–H groups in total. The Morgan fingerprint density at radius 3 is 3.00 bits per heavy atom. The van der Waals surface area contributed by atoms with Gasteiger partial charge >= 0.3 is 0 Å². The van der Waals surface area contributed by atoms with Gasteiger partial charge in [0.25, 0.3) is 0 Å². The lowest BCUT2D eigenvalue weighted by Crippen LogP contribution is -2.32. The van der Waals surface area contributed by atoms with E-state index in [1.165, 1.54) is 24.8 Å². The van der Waals surface area contributed by atoms with Crippen LogP contribution in [0.1, 0.15) is 25.3 Å². The van der Waals surface area contributed by atoms with Crippen LogP contribution in [-0.4, -0.2) is 12.6 Å². The van der Waals surface area contributed by atoms with Crippen LogP contribution < -0.4 is 5.32 Å². The van der Waals surface area contributed by atoms with E-state index in [9.17, 15) is 0 Å². The molecular weight excluding hydrogens is 178 g/mol. The van der Waals surface area contributed by atoms with Crippen molar-refractivity contribution in [3.8, 4) is 0 Å². The smallest absolute Gasteiger partial charge is 0.0136 e. The van der Waals surface area contributed by atoms with Gasteiger partial charge in [-0.1, -0.05) is 6.92 Å². The van der Waals surface area contributed by atoms with Gasteiger partial charge in [-0.05, 0) is 54.1 Å². The summed E-state index contributed by atoms with van der Waals surface area (Å²) in [5.41, 5.74) is 1.50. The summed E-state index contributed by atoms with van der Waals surface area (Å²) >= 11 is 1.80. The maximum absolute atomic E-state index is 3.59. The molecule has 0 saturated heterocycles. The molecule has 72 valence electrons. The van der Waals surface area contributed by atoms with Crippen molar-refractivity contribution in [3.05, 3.63) is 22.4 Å². The summed E-state index contributed by atoms with van der Waals surface area (Å²) in [6, 6.07) is 2.98. The van der Waals surface area contributed by atoms with Gasteiger partial charge in [-0.2, -0.15) is 11.3 Å². The molecule has 1 heterocycles. The molecule has 1 aliphatic rings. The van der Waals surface area contributed by atoms with Gasteiger partial charge in [0.15, 0.2) is 0 Å². The fourth-order valence-electron chi connectivity index (χ4n) is 1.83. The zero-order valence-corrected chi connectivity index (χ0v) is 8.94. The van der Waals surface area contributed by atoms with Gasteiger partial charge in [-0.3, -0.25) is 0 Å². The van der Waals surface area contributed by atoms with Crippen molar-refractivity contribution in [3.63, 3.8) is 0 Å². The summed E-state index contributed by atoms with van der Waals surface area (Å²) in [6.45, 7) is 3.30. The fraction of sp³-hybridized carbons (Fsp3) is 0.636. The summed E-state index contributed by atoms with van der Waals surface area (Å²) in [6.07, 6.45) is 4.09. The van der Waals surface area contributed by atoms with Crippen molar-refractivity contribution in [2.45, 2.75) is 32.2 Å². The van der Waals surface area contributed by atoms with Gasteiger partial charge in [0.1, 0.15) is 0 Å². The number of thiophene rings is 1. The summed E-state index contributed by atoms with van der Waals surface area (Å²) in [4.78, 5) is 0. The number of hydrogen-bond acceptors (Lipinski definition) is 2. The second kappa shape index (κ2) is 4.25. The first-order chi connectivity index (χ1) is 6.40. The zero-order chi connectivity index (χ0) is 9.10. The summed E-state index contributed by atoms with van der Waals surface area (Å²) < 4.78 is 0. The fourth-order valence-corrected chi connectivity index (χ4v) is 2.51. The van der Waals surface area contributed by atoms with Crippen LogP contribution in [-0.2, 0) is 6.42 Å². The molecule has 0 bridgehead atoms. The summed E-state index contributed by atoms with van der Waals surface area (Å²) in [5, 5.41) is 8.03. The van der Waals surface area contributed by atoms with Gasteiger partial charge in [-0.25, -0.2) is 0 Å². The molecule has 0 aromatic carbocycles. The highest BCUT2D eigenvalue weighted by atomic mass is 32.1. The minimum Gasteiger partial charge on any atom is -0.314 e. The average Bonchev–Trinajstić information content (AvgIpc) is 2.85. The lowest BCUT2D eigenvalue weighted by Gasteiger charge is -2.16. The predicted molar refractivity (Wildman–Crippen MR) is 58.2 cm³/mol. The molecule has 0 radical (unpaired) electrons. The largest absolute Gasteiger partial charge is 0.314 e. The van der Waals surface area contributed by atoms with Crippen LogP contribution in [0.3, 0.4) is 0 Å². The Labute approximate surface area is 84.2 Å². The van der Waals surface area contributed by atoms with Gasteiger partial charge < -0.3 is 5.32 Å². The minimum absolute atomic E-state index is 0.736. The lowest BCUT2D eigenvalue weighted by molar-refractivity contribution is 0.473. The van der Waals surface area contributed by atoms with Crippen LogP contribution >= 0.6 is 11.3 Å². The number of nitrogens with one attached hydrogen (secondary N) is 1. The third kappa shape index (κ3) is 2.55. The van der Waals surface area contributed by atoms with Crippen LogP contribution in [0.2, 0.25) is 0 Å². The van der Waals surface area contributed by atoms with E-state index in [-0.39, 0.29) is 0 Å². The molecule has 2 rings (SSSR count). The third-order valence-electron chi connectivity index (χ3n) is 2.69. The molecule has 13 heavy (non-hydrogen) atoms. The molecule has 1 atom stereocenters. The van der Waals surface area contributed by atoms with Crippen molar-refractivity contribution >= 4 is 11.3 Å². The van der Waals surface area contributed by atoms with Gasteiger partial charge in [-0.15, -0.1) is 0 Å². The topological polar surface area (TPSA) is 12.0 Å². The Morgan fingerprint density at radius 1 is 1.62 bits per heavy atom. The monoisotopic (exact) mass is 195 g/mol. The average molecular weight is 195 g/mol. The first-order valence-corrected chi connectivity index (χ1v) is 6.09. The van der Waals surface area contributed by atoms with Crippen LogP contribution in [0.25, 0.3) is 0 Å². The SMILES string of the molecule is CCNC(Cc1ccsc1)C1CC1. The van der Waals surface area contributed by atoms with Gasteiger partial charge in [0.2, 0.25) is 0 Å². The Morgan fingerprint density at radius 2 is 2.46 bits per heavy atom. The second-order valence-electron chi connectivity index (χ2n) is 3.84. The molecule has 1 unspecified atom stereocenters. The highest BCUT2D eigenvalue weighted by Gasteiger charge is 2.30. The number of hydrogen-bond donors (Lipinski definition) is 1.